The van der Waals surface area contributed by atoms with Crippen LogP contribution in [0, 0.1) is 5.41 Å². The fourth-order valence-electron chi connectivity index (χ4n) is 2.79. The number of aliphatic hydroxyl groups is 1. The first-order valence-electron chi connectivity index (χ1n) is 6.24. The maximum absolute atomic E-state index is 9.93. The molecule has 0 fully saturated rings. The molecule has 1 aromatic heterocycles. The second kappa shape index (κ2) is 3.94. The standard InChI is InChI=1S/C15H16ClNO/c1-9(18)15(2)7-11-5-10-3-4-14(16)17-13(10)6-12(11)8-15/h3-6,9,18H,7-8H2,1-2H3. The number of fused-ring (bicyclic) bond motifs is 2. The molecule has 1 heterocycles. The molecule has 0 aliphatic heterocycles. The van der Waals surface area contributed by atoms with Crippen molar-refractivity contribution in [2.75, 3.05) is 0 Å². The summed E-state index contributed by atoms with van der Waals surface area (Å²) < 4.78 is 0. The maximum atomic E-state index is 9.93. The minimum Gasteiger partial charge on any atom is -0.393 e. The summed E-state index contributed by atoms with van der Waals surface area (Å²) in [5.74, 6) is 0. The molecule has 1 N–H and O–H groups in total. The molecule has 1 aromatic carbocycles. The Morgan fingerprint density at radius 2 is 1.94 bits per heavy atom. The van der Waals surface area contributed by atoms with Gasteiger partial charge in [-0.15, -0.1) is 0 Å². The van der Waals surface area contributed by atoms with E-state index in [1.807, 2.05) is 19.1 Å². The first kappa shape index (κ1) is 11.9. The Morgan fingerprint density at radius 1 is 1.28 bits per heavy atom. The molecule has 2 aromatic rings. The van der Waals surface area contributed by atoms with Gasteiger partial charge < -0.3 is 5.11 Å². The van der Waals surface area contributed by atoms with Gasteiger partial charge in [-0.3, -0.25) is 0 Å². The molecular weight excluding hydrogens is 246 g/mol. The monoisotopic (exact) mass is 261 g/mol. The number of hydrogen-bond acceptors (Lipinski definition) is 2. The lowest BCUT2D eigenvalue weighted by molar-refractivity contribution is 0.0602. The Balaban J connectivity index is 2.12. The Kier molecular flexibility index (Phi) is 2.61. The lowest BCUT2D eigenvalue weighted by Gasteiger charge is -2.26. The van der Waals surface area contributed by atoms with Crippen LogP contribution in [-0.4, -0.2) is 16.2 Å². The highest BCUT2D eigenvalue weighted by Crippen LogP contribution is 2.40. The van der Waals surface area contributed by atoms with Gasteiger partial charge in [0.25, 0.3) is 0 Å². The lowest BCUT2D eigenvalue weighted by Crippen LogP contribution is -2.30. The molecule has 2 unspecified atom stereocenters. The van der Waals surface area contributed by atoms with Gasteiger partial charge in [-0.05, 0) is 55.2 Å². The van der Waals surface area contributed by atoms with Gasteiger partial charge in [-0.25, -0.2) is 4.98 Å². The summed E-state index contributed by atoms with van der Waals surface area (Å²) in [4.78, 5) is 4.35. The summed E-state index contributed by atoms with van der Waals surface area (Å²) >= 11 is 5.92. The predicted octanol–water partition coefficient (Wildman–Crippen LogP) is 3.37. The van der Waals surface area contributed by atoms with E-state index in [1.165, 1.54) is 11.1 Å². The van der Waals surface area contributed by atoms with Crippen LogP contribution in [0.3, 0.4) is 0 Å². The van der Waals surface area contributed by atoms with Crippen molar-refractivity contribution >= 4 is 22.5 Å². The van der Waals surface area contributed by atoms with Crippen molar-refractivity contribution in [1.82, 2.24) is 4.98 Å². The fourth-order valence-corrected chi connectivity index (χ4v) is 2.95. The van der Waals surface area contributed by atoms with Gasteiger partial charge in [0.1, 0.15) is 5.15 Å². The number of aromatic nitrogens is 1. The van der Waals surface area contributed by atoms with Crippen LogP contribution in [0.5, 0.6) is 0 Å². The number of aliphatic hydroxyl groups excluding tert-OH is 1. The minimum absolute atomic E-state index is 0.0521. The van der Waals surface area contributed by atoms with Crippen LogP contribution in [-0.2, 0) is 12.8 Å². The van der Waals surface area contributed by atoms with Crippen molar-refractivity contribution in [1.29, 1.82) is 0 Å². The number of halogens is 1. The third-order valence-corrected chi connectivity index (χ3v) is 4.38. The summed E-state index contributed by atoms with van der Waals surface area (Å²) in [6.07, 6.45) is 1.53. The highest BCUT2D eigenvalue weighted by molar-refractivity contribution is 6.29. The van der Waals surface area contributed by atoms with Crippen LogP contribution in [0.15, 0.2) is 24.3 Å². The molecule has 1 aliphatic rings. The van der Waals surface area contributed by atoms with E-state index in [9.17, 15) is 5.11 Å². The molecule has 1 aliphatic carbocycles. The number of nitrogens with zero attached hydrogens (tertiary/aromatic N) is 1. The second-order valence-electron chi connectivity index (χ2n) is 5.63. The van der Waals surface area contributed by atoms with E-state index < -0.39 is 0 Å². The van der Waals surface area contributed by atoms with Crippen LogP contribution in [0.25, 0.3) is 10.9 Å². The van der Waals surface area contributed by atoms with Crippen molar-refractivity contribution in [3.63, 3.8) is 0 Å². The van der Waals surface area contributed by atoms with Gasteiger partial charge in [0.15, 0.2) is 0 Å². The second-order valence-corrected chi connectivity index (χ2v) is 6.02. The average molecular weight is 262 g/mol. The molecule has 0 spiro atoms. The van der Waals surface area contributed by atoms with Crippen molar-refractivity contribution in [2.24, 2.45) is 5.41 Å². The average Bonchev–Trinajstić information content (AvgIpc) is 2.62. The minimum atomic E-state index is -0.301. The SMILES string of the molecule is CC(O)C1(C)Cc2cc3ccc(Cl)nc3cc2C1. The van der Waals surface area contributed by atoms with Crippen molar-refractivity contribution in [3.8, 4) is 0 Å². The van der Waals surface area contributed by atoms with Crippen molar-refractivity contribution < 1.29 is 5.11 Å². The van der Waals surface area contributed by atoms with Gasteiger partial charge in [0.2, 0.25) is 0 Å². The van der Waals surface area contributed by atoms with Gasteiger partial charge in [-0.1, -0.05) is 18.5 Å². The van der Waals surface area contributed by atoms with Crippen LogP contribution in [0.4, 0.5) is 0 Å². The predicted molar refractivity (Wildman–Crippen MR) is 73.9 cm³/mol. The third-order valence-electron chi connectivity index (χ3n) is 4.17. The van der Waals surface area contributed by atoms with E-state index in [0.29, 0.717) is 5.15 Å². The molecule has 0 amide bonds. The maximum Gasteiger partial charge on any atom is 0.129 e. The summed E-state index contributed by atoms with van der Waals surface area (Å²) in [6.45, 7) is 4.02. The zero-order chi connectivity index (χ0) is 12.9. The highest BCUT2D eigenvalue weighted by Gasteiger charge is 2.37. The quantitative estimate of drug-likeness (QED) is 0.799. The molecule has 3 heteroatoms. The molecular formula is C15H16ClNO. The van der Waals surface area contributed by atoms with Gasteiger partial charge in [0.05, 0.1) is 11.6 Å². The first-order chi connectivity index (χ1) is 8.48. The Hall–Kier alpha value is -1.12. The number of benzene rings is 1. The topological polar surface area (TPSA) is 33.1 Å². The Labute approximate surface area is 112 Å². The molecule has 94 valence electrons. The molecule has 0 saturated heterocycles. The van der Waals surface area contributed by atoms with E-state index >= 15 is 0 Å². The summed E-state index contributed by atoms with van der Waals surface area (Å²) in [5, 5.41) is 11.6. The van der Waals surface area contributed by atoms with Gasteiger partial charge in [-0.2, -0.15) is 0 Å². The van der Waals surface area contributed by atoms with Gasteiger partial charge in [0, 0.05) is 10.8 Å². The largest absolute Gasteiger partial charge is 0.393 e. The van der Waals surface area contributed by atoms with E-state index in [4.69, 9.17) is 11.6 Å². The fraction of sp³-hybridized carbons (Fsp3) is 0.400. The molecule has 0 saturated carbocycles. The lowest BCUT2D eigenvalue weighted by atomic mass is 9.82. The summed E-state index contributed by atoms with van der Waals surface area (Å²) in [5.41, 5.74) is 3.51. The van der Waals surface area contributed by atoms with E-state index in [2.05, 4.69) is 24.0 Å². The van der Waals surface area contributed by atoms with Crippen LogP contribution < -0.4 is 0 Å². The summed E-state index contributed by atoms with van der Waals surface area (Å²) in [6, 6.07) is 8.12. The van der Waals surface area contributed by atoms with Gasteiger partial charge >= 0.3 is 0 Å². The first-order valence-corrected chi connectivity index (χ1v) is 6.62. The Morgan fingerprint density at radius 3 is 2.61 bits per heavy atom. The van der Waals surface area contributed by atoms with Crippen molar-refractivity contribution in [2.45, 2.75) is 32.8 Å². The highest BCUT2D eigenvalue weighted by atomic mass is 35.5. The zero-order valence-electron chi connectivity index (χ0n) is 10.6. The smallest absolute Gasteiger partial charge is 0.129 e. The molecule has 2 nitrogen and oxygen atoms in total. The summed E-state index contributed by atoms with van der Waals surface area (Å²) in [7, 11) is 0. The number of pyridine rings is 1. The molecule has 2 atom stereocenters. The van der Waals surface area contributed by atoms with E-state index in [1.54, 1.807) is 0 Å². The van der Waals surface area contributed by atoms with Crippen LogP contribution >= 0.6 is 11.6 Å². The van der Waals surface area contributed by atoms with Crippen LogP contribution in [0.1, 0.15) is 25.0 Å². The molecule has 18 heavy (non-hydrogen) atoms. The van der Waals surface area contributed by atoms with E-state index in [-0.39, 0.29) is 11.5 Å². The zero-order valence-corrected chi connectivity index (χ0v) is 11.3. The van der Waals surface area contributed by atoms with Crippen molar-refractivity contribution in [3.05, 3.63) is 40.5 Å². The van der Waals surface area contributed by atoms with Crippen LogP contribution in [0.2, 0.25) is 5.15 Å². The third kappa shape index (κ3) is 1.80. The molecule has 3 rings (SSSR count). The molecule has 0 bridgehead atoms. The Bertz CT molecular complexity index is 623. The van der Waals surface area contributed by atoms with E-state index in [0.717, 1.165) is 23.7 Å². The number of hydrogen-bond donors (Lipinski definition) is 1. The molecule has 0 radical (unpaired) electrons. The number of rotatable bonds is 1. The normalized spacial score (nSPS) is 24.2.